The Morgan fingerprint density at radius 1 is 1.15 bits per heavy atom. The first-order chi connectivity index (χ1) is 6.41. The molecule has 0 aliphatic rings. The summed E-state index contributed by atoms with van der Waals surface area (Å²) in [6.07, 6.45) is 11.0. The summed E-state index contributed by atoms with van der Waals surface area (Å²) in [4.78, 5) is 9.88. The molecule has 0 N–H and O–H groups in total. The lowest BCUT2D eigenvalue weighted by Crippen LogP contribution is -1.97. The zero-order chi connectivity index (χ0) is 9.78. The number of aldehydes is 1. The number of hydrogen-bond acceptors (Lipinski definition) is 2. The zero-order valence-electron chi connectivity index (χ0n) is 8.50. The minimum atomic E-state index is 0.246. The lowest BCUT2D eigenvalue weighted by molar-refractivity contribution is -0.111. The van der Waals surface area contributed by atoms with Gasteiger partial charge in [0, 0.05) is 6.61 Å². The van der Waals surface area contributed by atoms with Gasteiger partial charge in [-0.05, 0) is 25.7 Å². The van der Waals surface area contributed by atoms with Gasteiger partial charge in [0.05, 0.1) is 0 Å². The molecule has 0 heterocycles. The summed E-state index contributed by atoms with van der Waals surface area (Å²) in [6.45, 7) is 3.11. The first-order valence-electron chi connectivity index (χ1n) is 5.08. The summed E-state index contributed by atoms with van der Waals surface area (Å²) in [5.41, 5.74) is 0. The van der Waals surface area contributed by atoms with Gasteiger partial charge in [0.25, 0.3) is 0 Å². The molecule has 0 aliphatic heterocycles. The van der Waals surface area contributed by atoms with Gasteiger partial charge in [-0.3, -0.25) is 0 Å². The average Bonchev–Trinajstić information content (AvgIpc) is 2.16. The second kappa shape index (κ2) is 11.4. The van der Waals surface area contributed by atoms with Crippen molar-refractivity contribution >= 4 is 6.29 Å². The quantitative estimate of drug-likeness (QED) is 0.313. The summed E-state index contributed by atoms with van der Waals surface area (Å²) in [5, 5.41) is 0. The molecule has 0 saturated carbocycles. The van der Waals surface area contributed by atoms with Gasteiger partial charge in [0.1, 0.15) is 12.9 Å². The Bertz CT molecular complexity index is 130. The van der Waals surface area contributed by atoms with E-state index in [0.717, 1.165) is 25.7 Å². The van der Waals surface area contributed by atoms with Gasteiger partial charge in [-0.15, -0.1) is 0 Å². The number of carbonyl (C=O) groups is 1. The van der Waals surface area contributed by atoms with E-state index in [1.807, 2.05) is 0 Å². The van der Waals surface area contributed by atoms with Gasteiger partial charge in [-0.2, -0.15) is 0 Å². The number of allylic oxidation sites excluding steroid dienone is 2. The Hall–Kier alpha value is -0.630. The van der Waals surface area contributed by atoms with Crippen LogP contribution in [0.15, 0.2) is 12.2 Å². The van der Waals surface area contributed by atoms with Gasteiger partial charge in [0.2, 0.25) is 0 Å². The van der Waals surface area contributed by atoms with Crippen LogP contribution in [0.2, 0.25) is 0 Å². The molecule has 0 fully saturated rings. The summed E-state index contributed by atoms with van der Waals surface area (Å²) in [7, 11) is 0. The van der Waals surface area contributed by atoms with Crippen molar-refractivity contribution in [3.63, 3.8) is 0 Å². The fraction of sp³-hybridized carbons (Fsp3) is 0.727. The van der Waals surface area contributed by atoms with Crippen molar-refractivity contribution in [2.75, 3.05) is 13.2 Å². The molecule has 0 radical (unpaired) electrons. The highest BCUT2D eigenvalue weighted by molar-refractivity contribution is 5.50. The maximum atomic E-state index is 9.88. The number of unbranched alkanes of at least 4 members (excludes halogenated alkanes) is 3. The van der Waals surface area contributed by atoms with Crippen LogP contribution in [0, 0.1) is 0 Å². The highest BCUT2D eigenvalue weighted by Gasteiger charge is 1.88. The van der Waals surface area contributed by atoms with E-state index in [-0.39, 0.29) is 6.61 Å². The van der Waals surface area contributed by atoms with E-state index >= 15 is 0 Å². The Labute approximate surface area is 81.0 Å². The van der Waals surface area contributed by atoms with Gasteiger partial charge in [0.15, 0.2) is 0 Å². The number of ether oxygens (including phenoxy) is 1. The van der Waals surface area contributed by atoms with Crippen LogP contribution in [0.25, 0.3) is 0 Å². The zero-order valence-corrected chi connectivity index (χ0v) is 8.50. The Morgan fingerprint density at radius 3 is 2.69 bits per heavy atom. The normalized spacial score (nSPS) is 10.8. The molecule has 0 unspecified atom stereocenters. The van der Waals surface area contributed by atoms with E-state index in [4.69, 9.17) is 4.74 Å². The van der Waals surface area contributed by atoms with Crippen molar-refractivity contribution in [3.05, 3.63) is 12.2 Å². The van der Waals surface area contributed by atoms with E-state index in [1.54, 1.807) is 0 Å². The molecule has 76 valence electrons. The van der Waals surface area contributed by atoms with Gasteiger partial charge >= 0.3 is 0 Å². The third kappa shape index (κ3) is 11.4. The molecule has 2 nitrogen and oxygen atoms in total. The van der Waals surface area contributed by atoms with Crippen LogP contribution >= 0.6 is 0 Å². The molecule has 13 heavy (non-hydrogen) atoms. The standard InChI is InChI=1S/C11H20O2/c1-2-3-4-5-6-7-8-10-13-11-9-12/h3-4,9H,2,5-8,10-11H2,1H3/b4-3+. The molecular weight excluding hydrogens is 164 g/mol. The number of carbonyl (C=O) groups excluding carboxylic acids is 1. The van der Waals surface area contributed by atoms with Crippen molar-refractivity contribution in [1.82, 2.24) is 0 Å². The van der Waals surface area contributed by atoms with E-state index in [2.05, 4.69) is 19.1 Å². The molecule has 2 heteroatoms. The Kier molecular flexibility index (Phi) is 10.8. The van der Waals surface area contributed by atoms with Crippen LogP contribution in [0.3, 0.4) is 0 Å². The minimum Gasteiger partial charge on any atom is -0.374 e. The van der Waals surface area contributed by atoms with Crippen LogP contribution < -0.4 is 0 Å². The van der Waals surface area contributed by atoms with Gasteiger partial charge < -0.3 is 9.53 Å². The third-order valence-electron chi connectivity index (χ3n) is 1.75. The van der Waals surface area contributed by atoms with Crippen molar-refractivity contribution < 1.29 is 9.53 Å². The summed E-state index contributed by atoms with van der Waals surface area (Å²) >= 11 is 0. The second-order valence-corrected chi connectivity index (χ2v) is 2.97. The molecular formula is C11H20O2. The highest BCUT2D eigenvalue weighted by atomic mass is 16.5. The highest BCUT2D eigenvalue weighted by Crippen LogP contribution is 2.01. The smallest absolute Gasteiger partial charge is 0.145 e. The van der Waals surface area contributed by atoms with E-state index in [1.165, 1.54) is 19.3 Å². The second-order valence-electron chi connectivity index (χ2n) is 2.97. The lowest BCUT2D eigenvalue weighted by Gasteiger charge is -1.98. The van der Waals surface area contributed by atoms with Gasteiger partial charge in [-0.25, -0.2) is 0 Å². The fourth-order valence-electron chi connectivity index (χ4n) is 1.06. The Morgan fingerprint density at radius 2 is 2.00 bits per heavy atom. The van der Waals surface area contributed by atoms with Crippen molar-refractivity contribution in [2.45, 2.75) is 39.0 Å². The topological polar surface area (TPSA) is 26.3 Å². The van der Waals surface area contributed by atoms with Crippen molar-refractivity contribution in [3.8, 4) is 0 Å². The molecule has 0 aromatic carbocycles. The molecule has 0 rings (SSSR count). The van der Waals surface area contributed by atoms with Crippen molar-refractivity contribution in [2.24, 2.45) is 0 Å². The number of hydrogen-bond donors (Lipinski definition) is 0. The molecule has 0 amide bonds. The summed E-state index contributed by atoms with van der Waals surface area (Å²) in [6, 6.07) is 0. The molecule has 0 aromatic heterocycles. The molecule has 0 spiro atoms. The number of rotatable bonds is 9. The van der Waals surface area contributed by atoms with E-state index < -0.39 is 0 Å². The van der Waals surface area contributed by atoms with Crippen LogP contribution in [0.1, 0.15) is 39.0 Å². The molecule has 0 atom stereocenters. The maximum Gasteiger partial charge on any atom is 0.145 e. The molecule has 0 bridgehead atoms. The predicted molar refractivity (Wildman–Crippen MR) is 54.8 cm³/mol. The fourth-order valence-corrected chi connectivity index (χ4v) is 1.06. The van der Waals surface area contributed by atoms with E-state index in [9.17, 15) is 4.79 Å². The average molecular weight is 184 g/mol. The van der Waals surface area contributed by atoms with Crippen LogP contribution in [-0.4, -0.2) is 19.5 Å². The minimum absolute atomic E-state index is 0.246. The van der Waals surface area contributed by atoms with Crippen LogP contribution in [0.4, 0.5) is 0 Å². The lowest BCUT2D eigenvalue weighted by atomic mass is 10.2. The van der Waals surface area contributed by atoms with Crippen molar-refractivity contribution in [1.29, 1.82) is 0 Å². The SMILES string of the molecule is CC/C=C/CCCCCOCC=O. The largest absolute Gasteiger partial charge is 0.374 e. The molecule has 0 saturated heterocycles. The predicted octanol–water partition coefficient (Wildman–Crippen LogP) is 2.73. The summed E-state index contributed by atoms with van der Waals surface area (Å²) in [5.74, 6) is 0. The molecule has 0 aromatic rings. The first kappa shape index (κ1) is 12.4. The van der Waals surface area contributed by atoms with Gasteiger partial charge in [-0.1, -0.05) is 25.5 Å². The first-order valence-corrected chi connectivity index (χ1v) is 5.08. The van der Waals surface area contributed by atoms with E-state index in [0.29, 0.717) is 0 Å². The molecule has 0 aliphatic carbocycles. The summed E-state index contributed by atoms with van der Waals surface area (Å²) < 4.78 is 5.02. The Balaban J connectivity index is 2.91. The van der Waals surface area contributed by atoms with Crippen LogP contribution in [0.5, 0.6) is 0 Å². The third-order valence-corrected chi connectivity index (χ3v) is 1.75. The maximum absolute atomic E-state index is 9.88. The van der Waals surface area contributed by atoms with Crippen LogP contribution in [-0.2, 0) is 9.53 Å². The monoisotopic (exact) mass is 184 g/mol.